The van der Waals surface area contributed by atoms with Crippen molar-refractivity contribution in [3.05, 3.63) is 65.2 Å². The molecule has 2 rings (SSSR count). The molecule has 116 valence electrons. The van der Waals surface area contributed by atoms with Gasteiger partial charge in [0.25, 0.3) is 0 Å². The number of esters is 1. The number of benzene rings is 2. The highest BCUT2D eigenvalue weighted by Crippen LogP contribution is 2.15. The number of carbonyl (C=O) groups is 1. The Morgan fingerprint density at radius 3 is 2.05 bits per heavy atom. The Bertz CT molecular complexity index is 598. The predicted molar refractivity (Wildman–Crippen MR) is 86.6 cm³/mol. The molecule has 0 fully saturated rings. The van der Waals surface area contributed by atoms with Crippen molar-refractivity contribution in [2.75, 3.05) is 0 Å². The fourth-order valence-corrected chi connectivity index (χ4v) is 1.85. The number of ether oxygens (including phenoxy) is 2. The van der Waals surface area contributed by atoms with Crippen molar-refractivity contribution in [3.8, 4) is 5.75 Å². The molecule has 0 heterocycles. The van der Waals surface area contributed by atoms with Gasteiger partial charge in [-0.25, -0.2) is 0 Å². The number of hydrogen-bond acceptors (Lipinski definition) is 3. The van der Waals surface area contributed by atoms with Gasteiger partial charge in [0.05, 0.1) is 5.92 Å². The zero-order valence-electron chi connectivity index (χ0n) is 13.3. The van der Waals surface area contributed by atoms with Crippen molar-refractivity contribution in [2.45, 2.75) is 34.0 Å². The number of aryl methyl sites for hydroxylation is 1. The largest absolute Gasteiger partial charge is 0.489 e. The lowest BCUT2D eigenvalue weighted by molar-refractivity contribution is -0.148. The van der Waals surface area contributed by atoms with Crippen LogP contribution in [0, 0.1) is 12.8 Å². The minimum Gasteiger partial charge on any atom is -0.489 e. The van der Waals surface area contributed by atoms with Crippen LogP contribution >= 0.6 is 0 Å². The number of hydrogen-bond donors (Lipinski definition) is 0. The standard InChI is InChI=1S/C19H22O3/c1-14(2)19(20)22-13-17-8-10-18(11-9-17)21-12-16-6-4-15(3)5-7-16/h4-11,14H,12-13H2,1-3H3. The summed E-state index contributed by atoms with van der Waals surface area (Å²) in [5.74, 6) is 0.524. The smallest absolute Gasteiger partial charge is 0.308 e. The summed E-state index contributed by atoms with van der Waals surface area (Å²) in [5, 5.41) is 0. The maximum atomic E-state index is 11.4. The second-order valence-electron chi connectivity index (χ2n) is 5.68. The predicted octanol–water partition coefficient (Wildman–Crippen LogP) is 4.27. The molecule has 2 aromatic carbocycles. The van der Waals surface area contributed by atoms with Crippen LogP contribution in [-0.4, -0.2) is 5.97 Å². The zero-order valence-corrected chi connectivity index (χ0v) is 13.3. The number of rotatable bonds is 6. The molecule has 0 bridgehead atoms. The van der Waals surface area contributed by atoms with E-state index in [-0.39, 0.29) is 11.9 Å². The average Bonchev–Trinajstić information content (AvgIpc) is 2.53. The maximum absolute atomic E-state index is 11.4. The summed E-state index contributed by atoms with van der Waals surface area (Å²) in [6.07, 6.45) is 0. The number of carbonyl (C=O) groups excluding carboxylic acids is 1. The third kappa shape index (κ3) is 4.92. The van der Waals surface area contributed by atoms with Gasteiger partial charge in [-0.15, -0.1) is 0 Å². The first-order valence-electron chi connectivity index (χ1n) is 7.48. The summed E-state index contributed by atoms with van der Waals surface area (Å²) in [6.45, 7) is 6.56. The van der Waals surface area contributed by atoms with E-state index in [9.17, 15) is 4.79 Å². The van der Waals surface area contributed by atoms with Crippen LogP contribution in [0.4, 0.5) is 0 Å². The van der Waals surface area contributed by atoms with Gasteiger partial charge in [0.1, 0.15) is 19.0 Å². The molecule has 0 atom stereocenters. The Hall–Kier alpha value is -2.29. The molecule has 0 N–H and O–H groups in total. The molecule has 0 aliphatic rings. The molecule has 0 saturated carbocycles. The molecule has 3 nitrogen and oxygen atoms in total. The molecule has 2 aromatic rings. The van der Waals surface area contributed by atoms with Crippen LogP contribution in [0.25, 0.3) is 0 Å². The van der Waals surface area contributed by atoms with Gasteiger partial charge in [0, 0.05) is 0 Å². The molecule has 0 aromatic heterocycles. The Balaban J connectivity index is 1.84. The van der Waals surface area contributed by atoms with Crippen LogP contribution in [-0.2, 0) is 22.7 Å². The lowest BCUT2D eigenvalue weighted by Gasteiger charge is -2.09. The van der Waals surface area contributed by atoms with Crippen molar-refractivity contribution in [1.82, 2.24) is 0 Å². The van der Waals surface area contributed by atoms with Crippen molar-refractivity contribution < 1.29 is 14.3 Å². The first-order chi connectivity index (χ1) is 10.5. The second-order valence-corrected chi connectivity index (χ2v) is 5.68. The summed E-state index contributed by atoms with van der Waals surface area (Å²) in [7, 11) is 0. The van der Waals surface area contributed by atoms with Crippen LogP contribution < -0.4 is 4.74 Å². The normalized spacial score (nSPS) is 10.5. The fourth-order valence-electron chi connectivity index (χ4n) is 1.85. The molecule has 0 aliphatic carbocycles. The third-order valence-corrected chi connectivity index (χ3v) is 3.30. The van der Waals surface area contributed by atoms with E-state index in [1.807, 2.05) is 38.1 Å². The fraction of sp³-hybridized carbons (Fsp3) is 0.316. The van der Waals surface area contributed by atoms with Crippen LogP contribution in [0.3, 0.4) is 0 Å². The second kappa shape index (κ2) is 7.64. The van der Waals surface area contributed by atoms with E-state index in [1.54, 1.807) is 0 Å². The summed E-state index contributed by atoms with van der Waals surface area (Å²) >= 11 is 0. The lowest BCUT2D eigenvalue weighted by Crippen LogP contribution is -2.11. The van der Waals surface area contributed by atoms with Gasteiger partial charge < -0.3 is 9.47 Å². The molecule has 0 amide bonds. The van der Waals surface area contributed by atoms with Gasteiger partial charge in [0.2, 0.25) is 0 Å². The van der Waals surface area contributed by atoms with Gasteiger partial charge in [0.15, 0.2) is 0 Å². The Kier molecular flexibility index (Phi) is 5.59. The minimum atomic E-state index is -0.181. The van der Waals surface area contributed by atoms with Gasteiger partial charge in [-0.3, -0.25) is 4.79 Å². The van der Waals surface area contributed by atoms with E-state index in [1.165, 1.54) is 5.56 Å². The average molecular weight is 298 g/mol. The Labute approximate surface area is 131 Å². The van der Waals surface area contributed by atoms with E-state index < -0.39 is 0 Å². The summed E-state index contributed by atoms with van der Waals surface area (Å²) < 4.78 is 10.9. The van der Waals surface area contributed by atoms with Crippen molar-refractivity contribution in [3.63, 3.8) is 0 Å². The summed E-state index contributed by atoms with van der Waals surface area (Å²) in [4.78, 5) is 11.4. The van der Waals surface area contributed by atoms with Crippen LogP contribution in [0.1, 0.15) is 30.5 Å². The molecule has 0 unspecified atom stereocenters. The zero-order chi connectivity index (χ0) is 15.9. The van der Waals surface area contributed by atoms with Crippen molar-refractivity contribution >= 4 is 5.97 Å². The first-order valence-corrected chi connectivity index (χ1v) is 7.48. The lowest BCUT2D eigenvalue weighted by atomic mass is 10.2. The van der Waals surface area contributed by atoms with Gasteiger partial charge in [-0.05, 0) is 30.2 Å². The third-order valence-electron chi connectivity index (χ3n) is 3.30. The monoisotopic (exact) mass is 298 g/mol. The molecule has 3 heteroatoms. The van der Waals surface area contributed by atoms with Crippen LogP contribution in [0.5, 0.6) is 5.75 Å². The van der Waals surface area contributed by atoms with E-state index in [2.05, 4.69) is 31.2 Å². The Morgan fingerprint density at radius 2 is 1.45 bits per heavy atom. The van der Waals surface area contributed by atoms with E-state index in [0.29, 0.717) is 13.2 Å². The highest BCUT2D eigenvalue weighted by Gasteiger charge is 2.08. The quantitative estimate of drug-likeness (QED) is 0.747. The van der Waals surface area contributed by atoms with E-state index >= 15 is 0 Å². The van der Waals surface area contributed by atoms with Crippen LogP contribution in [0.2, 0.25) is 0 Å². The maximum Gasteiger partial charge on any atom is 0.308 e. The SMILES string of the molecule is Cc1ccc(COc2ccc(COC(=O)C(C)C)cc2)cc1. The summed E-state index contributed by atoms with van der Waals surface area (Å²) in [6, 6.07) is 15.9. The molecular weight excluding hydrogens is 276 g/mol. The topological polar surface area (TPSA) is 35.5 Å². The molecular formula is C19H22O3. The van der Waals surface area contributed by atoms with Crippen LogP contribution in [0.15, 0.2) is 48.5 Å². The highest BCUT2D eigenvalue weighted by atomic mass is 16.5. The van der Waals surface area contributed by atoms with E-state index in [4.69, 9.17) is 9.47 Å². The van der Waals surface area contributed by atoms with Crippen molar-refractivity contribution in [1.29, 1.82) is 0 Å². The molecule has 22 heavy (non-hydrogen) atoms. The van der Waals surface area contributed by atoms with Gasteiger partial charge in [-0.2, -0.15) is 0 Å². The van der Waals surface area contributed by atoms with E-state index in [0.717, 1.165) is 16.9 Å². The molecule has 0 aliphatic heterocycles. The van der Waals surface area contributed by atoms with Crippen molar-refractivity contribution in [2.24, 2.45) is 5.92 Å². The first kappa shape index (κ1) is 16.1. The minimum absolute atomic E-state index is 0.0999. The van der Waals surface area contributed by atoms with Gasteiger partial charge in [-0.1, -0.05) is 55.8 Å². The summed E-state index contributed by atoms with van der Waals surface area (Å²) in [5.41, 5.74) is 3.33. The van der Waals surface area contributed by atoms with Gasteiger partial charge >= 0.3 is 5.97 Å². The highest BCUT2D eigenvalue weighted by molar-refractivity contribution is 5.71. The molecule has 0 radical (unpaired) electrons. The Morgan fingerprint density at radius 1 is 0.909 bits per heavy atom. The molecule has 0 saturated heterocycles. The molecule has 0 spiro atoms.